The molecule has 3 N–H and O–H groups in total. The Balaban J connectivity index is 4.02. The van der Waals surface area contributed by atoms with E-state index in [4.69, 9.17) is 0 Å². The van der Waals surface area contributed by atoms with Crippen LogP contribution in [0.15, 0.2) is 0 Å². The summed E-state index contributed by atoms with van der Waals surface area (Å²) in [5.74, 6) is -0.182. The number of hydrogen-bond donors (Lipinski definition) is 3. The molecule has 0 saturated carbocycles. The van der Waals surface area contributed by atoms with Crippen molar-refractivity contribution in [3.8, 4) is 0 Å². The number of carbonyl (C=O) groups excluding carboxylic acids is 2. The second-order valence-corrected chi connectivity index (χ2v) is 5.55. The zero-order valence-electron chi connectivity index (χ0n) is 12.4. The Labute approximate surface area is 110 Å². The molecule has 18 heavy (non-hydrogen) atoms. The fraction of sp³-hybridized carbons (Fsp3) is 0.846. The van der Waals surface area contributed by atoms with Crippen LogP contribution in [0.2, 0.25) is 0 Å². The summed E-state index contributed by atoms with van der Waals surface area (Å²) >= 11 is 0. The molecule has 0 rings (SSSR count). The molecule has 0 bridgehead atoms. The van der Waals surface area contributed by atoms with Crippen LogP contribution in [-0.2, 0) is 9.59 Å². The lowest BCUT2D eigenvalue weighted by Crippen LogP contribution is -2.50. The van der Waals surface area contributed by atoms with Crippen LogP contribution >= 0.6 is 0 Å². The molecule has 0 aliphatic rings. The van der Waals surface area contributed by atoms with Gasteiger partial charge in [-0.1, -0.05) is 6.92 Å². The van der Waals surface area contributed by atoms with E-state index in [1.54, 1.807) is 6.92 Å². The van der Waals surface area contributed by atoms with Crippen molar-refractivity contribution in [2.75, 3.05) is 6.54 Å². The minimum atomic E-state index is -0.372. The number of nitrogens with one attached hydrogen (secondary N) is 3. The monoisotopic (exact) mass is 257 g/mol. The van der Waals surface area contributed by atoms with Gasteiger partial charge in [-0.25, -0.2) is 0 Å². The molecular weight excluding hydrogens is 230 g/mol. The molecule has 0 fully saturated rings. The molecule has 0 aliphatic carbocycles. The smallest absolute Gasteiger partial charge is 0.237 e. The number of amides is 2. The number of carbonyl (C=O) groups is 2. The van der Waals surface area contributed by atoms with E-state index < -0.39 is 0 Å². The minimum Gasteiger partial charge on any atom is -0.353 e. The Hall–Kier alpha value is -1.10. The van der Waals surface area contributed by atoms with Crippen LogP contribution in [0.3, 0.4) is 0 Å². The zero-order chi connectivity index (χ0) is 14.3. The van der Waals surface area contributed by atoms with E-state index in [0.717, 1.165) is 6.42 Å². The van der Waals surface area contributed by atoms with Gasteiger partial charge >= 0.3 is 0 Å². The third-order valence-corrected chi connectivity index (χ3v) is 2.75. The van der Waals surface area contributed by atoms with Gasteiger partial charge in [-0.3, -0.25) is 14.9 Å². The van der Waals surface area contributed by atoms with Crippen LogP contribution < -0.4 is 16.0 Å². The third kappa shape index (κ3) is 7.27. The Kier molecular flexibility index (Phi) is 6.91. The molecule has 5 nitrogen and oxygen atoms in total. The average molecular weight is 257 g/mol. The summed E-state index contributed by atoms with van der Waals surface area (Å²) in [5.41, 5.74) is -0.206. The summed E-state index contributed by atoms with van der Waals surface area (Å²) in [6.45, 7) is 11.7. The molecule has 0 aromatic heterocycles. The summed E-state index contributed by atoms with van der Waals surface area (Å²) in [7, 11) is 0. The van der Waals surface area contributed by atoms with Crippen molar-refractivity contribution < 1.29 is 9.59 Å². The van der Waals surface area contributed by atoms with Crippen LogP contribution in [0, 0.1) is 0 Å². The van der Waals surface area contributed by atoms with Crippen molar-refractivity contribution in [2.24, 2.45) is 0 Å². The molecule has 0 spiro atoms. The molecule has 0 aromatic carbocycles. The van der Waals surface area contributed by atoms with Gasteiger partial charge in [0.1, 0.15) is 0 Å². The second kappa shape index (κ2) is 7.36. The normalized spacial score (nSPS) is 13.3. The van der Waals surface area contributed by atoms with E-state index in [1.165, 1.54) is 0 Å². The maximum absolute atomic E-state index is 11.7. The van der Waals surface area contributed by atoms with Crippen molar-refractivity contribution in [1.29, 1.82) is 0 Å². The predicted octanol–water partition coefficient (Wildman–Crippen LogP) is 0.794. The summed E-state index contributed by atoms with van der Waals surface area (Å²) in [5, 5.41) is 8.61. The molecule has 5 heteroatoms. The first kappa shape index (κ1) is 16.9. The first-order chi connectivity index (χ1) is 8.18. The summed E-state index contributed by atoms with van der Waals surface area (Å²) in [6, 6.07) is -0.266. The lowest BCUT2D eigenvalue weighted by molar-refractivity contribution is -0.124. The van der Waals surface area contributed by atoms with Crippen LogP contribution in [0.25, 0.3) is 0 Å². The minimum absolute atomic E-state index is 0.0902. The highest BCUT2D eigenvalue weighted by Gasteiger charge is 2.19. The van der Waals surface area contributed by atoms with Gasteiger partial charge in [0.05, 0.1) is 12.6 Å². The van der Waals surface area contributed by atoms with Crippen LogP contribution in [0.5, 0.6) is 0 Å². The Morgan fingerprint density at radius 3 is 2.17 bits per heavy atom. The van der Waals surface area contributed by atoms with Gasteiger partial charge in [0.2, 0.25) is 11.8 Å². The summed E-state index contributed by atoms with van der Waals surface area (Å²) in [4.78, 5) is 23.3. The lowest BCUT2D eigenvalue weighted by Gasteiger charge is -2.25. The van der Waals surface area contributed by atoms with Gasteiger partial charge in [0.15, 0.2) is 0 Å². The molecule has 0 aliphatic heterocycles. The Morgan fingerprint density at radius 1 is 1.17 bits per heavy atom. The lowest BCUT2D eigenvalue weighted by atomic mass is 10.0. The summed E-state index contributed by atoms with van der Waals surface area (Å²) < 4.78 is 0. The Bertz CT molecular complexity index is 288. The van der Waals surface area contributed by atoms with Gasteiger partial charge in [0, 0.05) is 11.6 Å². The quantitative estimate of drug-likeness (QED) is 0.631. The van der Waals surface area contributed by atoms with E-state index >= 15 is 0 Å². The molecule has 0 heterocycles. The summed E-state index contributed by atoms with van der Waals surface area (Å²) in [6.07, 6.45) is 0.863. The molecule has 0 radical (unpaired) electrons. The first-order valence-corrected chi connectivity index (χ1v) is 6.52. The van der Waals surface area contributed by atoms with E-state index in [1.807, 2.05) is 34.6 Å². The fourth-order valence-corrected chi connectivity index (χ4v) is 1.26. The number of hydrogen-bond acceptors (Lipinski definition) is 3. The zero-order valence-corrected chi connectivity index (χ0v) is 12.4. The topological polar surface area (TPSA) is 70.2 Å². The van der Waals surface area contributed by atoms with Gasteiger partial charge in [-0.2, -0.15) is 0 Å². The van der Waals surface area contributed by atoms with Crippen molar-refractivity contribution >= 4 is 11.8 Å². The van der Waals surface area contributed by atoms with E-state index in [9.17, 15) is 9.59 Å². The largest absolute Gasteiger partial charge is 0.353 e. The third-order valence-electron chi connectivity index (χ3n) is 2.75. The van der Waals surface area contributed by atoms with Crippen molar-refractivity contribution in [1.82, 2.24) is 16.0 Å². The fourth-order valence-electron chi connectivity index (χ4n) is 1.26. The maximum Gasteiger partial charge on any atom is 0.237 e. The molecule has 1 atom stereocenters. The molecule has 1 unspecified atom stereocenters. The predicted molar refractivity (Wildman–Crippen MR) is 73.3 cm³/mol. The molecule has 2 amide bonds. The van der Waals surface area contributed by atoms with Gasteiger partial charge in [0.25, 0.3) is 0 Å². The van der Waals surface area contributed by atoms with E-state index in [0.29, 0.717) is 0 Å². The first-order valence-electron chi connectivity index (χ1n) is 6.52. The molecule has 0 aromatic rings. The van der Waals surface area contributed by atoms with Crippen LogP contribution in [-0.4, -0.2) is 36.0 Å². The maximum atomic E-state index is 11.7. The molecule has 0 saturated heterocycles. The van der Waals surface area contributed by atoms with Crippen molar-refractivity contribution in [2.45, 2.75) is 65.6 Å². The highest BCUT2D eigenvalue weighted by Crippen LogP contribution is 2.05. The average Bonchev–Trinajstić information content (AvgIpc) is 2.24. The number of rotatable bonds is 7. The van der Waals surface area contributed by atoms with Gasteiger partial charge < -0.3 is 10.6 Å². The van der Waals surface area contributed by atoms with Crippen LogP contribution in [0.1, 0.15) is 48.0 Å². The molecule has 106 valence electrons. The SMILES string of the molecule is CCC(C)(C)NC(=O)CNC(C)C(=O)NC(C)C. The second-order valence-electron chi connectivity index (χ2n) is 5.55. The van der Waals surface area contributed by atoms with Gasteiger partial charge in [-0.15, -0.1) is 0 Å². The highest BCUT2D eigenvalue weighted by atomic mass is 16.2. The van der Waals surface area contributed by atoms with Crippen molar-refractivity contribution in [3.63, 3.8) is 0 Å². The van der Waals surface area contributed by atoms with Crippen LogP contribution in [0.4, 0.5) is 0 Å². The van der Waals surface area contributed by atoms with Crippen molar-refractivity contribution in [3.05, 3.63) is 0 Å². The van der Waals surface area contributed by atoms with E-state index in [-0.39, 0.29) is 36.0 Å². The molecular formula is C13H27N3O2. The standard InChI is InChI=1S/C13H27N3O2/c1-7-13(5,6)16-11(17)8-14-10(4)12(18)15-9(2)3/h9-10,14H,7-8H2,1-6H3,(H,15,18)(H,16,17). The van der Waals surface area contributed by atoms with Gasteiger partial charge in [-0.05, 0) is 41.0 Å². The highest BCUT2D eigenvalue weighted by molar-refractivity contribution is 5.83. The van der Waals surface area contributed by atoms with E-state index in [2.05, 4.69) is 16.0 Å². The Morgan fingerprint density at radius 2 is 1.72 bits per heavy atom.